The maximum Gasteiger partial charge on any atom is 0.142 e. The van der Waals surface area contributed by atoms with Gasteiger partial charge in [-0.1, -0.05) is 42.5 Å². The Morgan fingerprint density at radius 3 is 2.45 bits per heavy atom. The lowest BCUT2D eigenvalue weighted by atomic mass is 9.95. The molecule has 0 fully saturated rings. The van der Waals surface area contributed by atoms with Crippen LogP contribution in [-0.2, 0) is 0 Å². The van der Waals surface area contributed by atoms with Crippen LogP contribution in [0.25, 0.3) is 21.9 Å². The number of methoxy groups -OCH3 is 1. The fourth-order valence-corrected chi connectivity index (χ4v) is 2.53. The molecule has 0 aromatic heterocycles. The van der Waals surface area contributed by atoms with Crippen LogP contribution in [0.5, 0.6) is 5.75 Å². The highest BCUT2D eigenvalue weighted by atomic mass is 16.5. The predicted molar refractivity (Wildman–Crippen MR) is 84.8 cm³/mol. The Bertz CT molecular complexity index is 781. The van der Waals surface area contributed by atoms with Crippen LogP contribution in [0.4, 0.5) is 11.4 Å². The zero-order valence-electron chi connectivity index (χ0n) is 11.3. The summed E-state index contributed by atoms with van der Waals surface area (Å²) >= 11 is 0. The topological polar surface area (TPSA) is 61.3 Å². The number of benzene rings is 3. The lowest BCUT2D eigenvalue weighted by Crippen LogP contribution is -1.98. The number of fused-ring (bicyclic) bond motifs is 1. The number of nitrogen functional groups attached to an aromatic ring is 2. The molecule has 0 amide bonds. The summed E-state index contributed by atoms with van der Waals surface area (Å²) < 4.78 is 5.29. The van der Waals surface area contributed by atoms with Gasteiger partial charge in [-0.2, -0.15) is 0 Å². The number of nitrogens with two attached hydrogens (primary N) is 2. The highest BCUT2D eigenvalue weighted by Gasteiger charge is 2.13. The van der Waals surface area contributed by atoms with Crippen LogP contribution >= 0.6 is 0 Å². The normalized spacial score (nSPS) is 10.7. The van der Waals surface area contributed by atoms with Gasteiger partial charge in [-0.3, -0.25) is 0 Å². The van der Waals surface area contributed by atoms with Crippen LogP contribution < -0.4 is 16.2 Å². The van der Waals surface area contributed by atoms with Crippen molar-refractivity contribution in [3.05, 3.63) is 54.6 Å². The van der Waals surface area contributed by atoms with Gasteiger partial charge in [-0.05, 0) is 22.9 Å². The minimum absolute atomic E-state index is 0.609. The van der Waals surface area contributed by atoms with E-state index >= 15 is 0 Å². The molecule has 4 N–H and O–H groups in total. The average Bonchev–Trinajstić information content (AvgIpc) is 2.48. The molecule has 0 heterocycles. The average molecular weight is 264 g/mol. The molecule has 0 saturated carbocycles. The number of ether oxygens (including phenoxy) is 1. The second-order valence-electron chi connectivity index (χ2n) is 4.67. The summed E-state index contributed by atoms with van der Waals surface area (Å²) in [5.74, 6) is 0.662. The van der Waals surface area contributed by atoms with E-state index in [-0.39, 0.29) is 0 Å². The fourth-order valence-electron chi connectivity index (χ4n) is 2.53. The maximum atomic E-state index is 6.21. The third-order valence-corrected chi connectivity index (χ3v) is 3.52. The summed E-state index contributed by atoms with van der Waals surface area (Å²) in [7, 11) is 1.61. The Hall–Kier alpha value is -2.68. The molecule has 0 bridgehead atoms. The van der Waals surface area contributed by atoms with E-state index in [9.17, 15) is 0 Å². The van der Waals surface area contributed by atoms with Gasteiger partial charge in [0.1, 0.15) is 5.75 Å². The second kappa shape index (κ2) is 4.78. The summed E-state index contributed by atoms with van der Waals surface area (Å²) in [5.41, 5.74) is 15.6. The zero-order chi connectivity index (χ0) is 14.1. The Labute approximate surface area is 117 Å². The van der Waals surface area contributed by atoms with Gasteiger partial charge >= 0.3 is 0 Å². The molecule has 3 nitrogen and oxygen atoms in total. The maximum absolute atomic E-state index is 6.21. The zero-order valence-corrected chi connectivity index (χ0v) is 11.3. The first-order chi connectivity index (χ1) is 9.72. The Morgan fingerprint density at radius 2 is 1.65 bits per heavy atom. The molecular weight excluding hydrogens is 248 g/mol. The first-order valence-electron chi connectivity index (χ1n) is 6.42. The Morgan fingerprint density at radius 1 is 0.850 bits per heavy atom. The quantitative estimate of drug-likeness (QED) is 0.694. The molecule has 0 radical (unpaired) electrons. The van der Waals surface area contributed by atoms with Gasteiger partial charge in [-0.25, -0.2) is 0 Å². The third-order valence-electron chi connectivity index (χ3n) is 3.52. The SMILES string of the molecule is COc1cccc(-c2c(N)ccc3ccccc23)c1N. The van der Waals surface area contributed by atoms with E-state index < -0.39 is 0 Å². The first kappa shape index (κ1) is 12.4. The van der Waals surface area contributed by atoms with E-state index in [4.69, 9.17) is 16.2 Å². The molecule has 20 heavy (non-hydrogen) atoms. The molecule has 0 saturated heterocycles. The van der Waals surface area contributed by atoms with E-state index in [2.05, 4.69) is 12.1 Å². The highest BCUT2D eigenvalue weighted by molar-refractivity contribution is 6.05. The van der Waals surface area contributed by atoms with Crippen molar-refractivity contribution < 1.29 is 4.74 Å². The summed E-state index contributed by atoms with van der Waals surface area (Å²) in [6.07, 6.45) is 0. The van der Waals surface area contributed by atoms with E-state index in [1.54, 1.807) is 7.11 Å². The number of para-hydroxylation sites is 1. The van der Waals surface area contributed by atoms with Gasteiger partial charge in [0.25, 0.3) is 0 Å². The minimum Gasteiger partial charge on any atom is -0.495 e. The Kier molecular flexibility index (Phi) is 2.95. The van der Waals surface area contributed by atoms with Crippen LogP contribution in [-0.4, -0.2) is 7.11 Å². The lowest BCUT2D eigenvalue weighted by Gasteiger charge is -2.14. The molecule has 3 aromatic carbocycles. The van der Waals surface area contributed by atoms with Crippen LogP contribution in [0, 0.1) is 0 Å². The fraction of sp³-hybridized carbons (Fsp3) is 0.0588. The smallest absolute Gasteiger partial charge is 0.142 e. The standard InChI is InChI=1S/C17H16N2O/c1-20-15-8-4-7-13(17(15)19)16-12-6-3-2-5-11(12)9-10-14(16)18/h2-10H,18-19H2,1H3. The predicted octanol–water partition coefficient (Wildman–Crippen LogP) is 3.68. The number of rotatable bonds is 2. The molecule has 0 atom stereocenters. The summed E-state index contributed by atoms with van der Waals surface area (Å²) in [6, 6.07) is 17.8. The number of hydrogen-bond donors (Lipinski definition) is 2. The van der Waals surface area contributed by atoms with Gasteiger partial charge in [0.05, 0.1) is 12.8 Å². The first-order valence-corrected chi connectivity index (χ1v) is 6.42. The lowest BCUT2D eigenvalue weighted by molar-refractivity contribution is 0.417. The van der Waals surface area contributed by atoms with Crippen molar-refractivity contribution in [2.45, 2.75) is 0 Å². The summed E-state index contributed by atoms with van der Waals surface area (Å²) in [4.78, 5) is 0. The monoisotopic (exact) mass is 264 g/mol. The van der Waals surface area contributed by atoms with E-state index in [0.717, 1.165) is 21.9 Å². The molecule has 0 aliphatic heterocycles. The third kappa shape index (κ3) is 1.84. The highest BCUT2D eigenvalue weighted by Crippen LogP contribution is 2.40. The van der Waals surface area contributed by atoms with Crippen molar-refractivity contribution in [2.24, 2.45) is 0 Å². The van der Waals surface area contributed by atoms with Crippen LogP contribution in [0.3, 0.4) is 0 Å². The largest absolute Gasteiger partial charge is 0.495 e. The van der Waals surface area contributed by atoms with Crippen molar-refractivity contribution in [1.82, 2.24) is 0 Å². The Balaban J connectivity index is 2.37. The second-order valence-corrected chi connectivity index (χ2v) is 4.67. The van der Waals surface area contributed by atoms with E-state index in [1.807, 2.05) is 42.5 Å². The van der Waals surface area contributed by atoms with Crippen molar-refractivity contribution in [3.8, 4) is 16.9 Å². The van der Waals surface area contributed by atoms with Crippen molar-refractivity contribution in [3.63, 3.8) is 0 Å². The minimum atomic E-state index is 0.609. The van der Waals surface area contributed by atoms with Gasteiger partial charge in [0.2, 0.25) is 0 Å². The summed E-state index contributed by atoms with van der Waals surface area (Å²) in [6.45, 7) is 0. The van der Waals surface area contributed by atoms with Crippen molar-refractivity contribution in [2.75, 3.05) is 18.6 Å². The van der Waals surface area contributed by atoms with E-state index in [0.29, 0.717) is 17.1 Å². The van der Waals surface area contributed by atoms with E-state index in [1.165, 1.54) is 0 Å². The van der Waals surface area contributed by atoms with Crippen LogP contribution in [0.15, 0.2) is 54.6 Å². The number of anilines is 2. The van der Waals surface area contributed by atoms with Gasteiger partial charge in [0.15, 0.2) is 0 Å². The van der Waals surface area contributed by atoms with Gasteiger partial charge in [0, 0.05) is 16.8 Å². The molecule has 3 rings (SSSR count). The summed E-state index contributed by atoms with van der Waals surface area (Å²) in [5, 5.41) is 2.23. The number of hydrogen-bond acceptors (Lipinski definition) is 3. The van der Waals surface area contributed by atoms with Crippen LogP contribution in [0.2, 0.25) is 0 Å². The molecule has 100 valence electrons. The molecule has 0 aliphatic rings. The van der Waals surface area contributed by atoms with Crippen molar-refractivity contribution >= 4 is 22.1 Å². The van der Waals surface area contributed by atoms with Crippen LogP contribution in [0.1, 0.15) is 0 Å². The van der Waals surface area contributed by atoms with Crippen molar-refractivity contribution in [1.29, 1.82) is 0 Å². The van der Waals surface area contributed by atoms with Gasteiger partial charge in [-0.15, -0.1) is 0 Å². The molecule has 0 spiro atoms. The molecule has 0 unspecified atom stereocenters. The molecule has 3 aromatic rings. The van der Waals surface area contributed by atoms with Gasteiger partial charge < -0.3 is 16.2 Å². The molecule has 0 aliphatic carbocycles. The molecule has 3 heteroatoms. The molecular formula is C17H16N2O.